The zero-order valence-electron chi connectivity index (χ0n) is 2.53. The summed E-state index contributed by atoms with van der Waals surface area (Å²) in [4.78, 5) is 0. The second-order valence-corrected chi connectivity index (χ2v) is 3.34. The van der Waals surface area contributed by atoms with Crippen LogP contribution in [0.1, 0.15) is 0 Å². The predicted molar refractivity (Wildman–Crippen MR) is 22.4 cm³/mol. The van der Waals surface area contributed by atoms with E-state index in [1.165, 1.54) is 0 Å². The van der Waals surface area contributed by atoms with Crippen molar-refractivity contribution in [3.05, 3.63) is 0 Å². The molecule has 3 heteroatoms. The molecule has 0 aromatic heterocycles. The van der Waals surface area contributed by atoms with E-state index in [2.05, 4.69) is 0 Å². The van der Waals surface area contributed by atoms with Crippen molar-refractivity contribution in [1.82, 2.24) is 0 Å². The van der Waals surface area contributed by atoms with Gasteiger partial charge in [0, 0.05) is 4.36 Å². The van der Waals surface area contributed by atoms with E-state index in [0.717, 1.165) is 16.3 Å². The summed E-state index contributed by atoms with van der Waals surface area (Å²) in [7, 11) is 0. The van der Waals surface area contributed by atoms with Crippen molar-refractivity contribution in [1.29, 1.82) is 0 Å². The fraction of sp³-hybridized carbons (Fsp3) is 1.00. The number of hydrogen-bond donors (Lipinski definition) is 1. The van der Waals surface area contributed by atoms with E-state index in [1.54, 1.807) is 0 Å². The van der Waals surface area contributed by atoms with Crippen LogP contribution in [0.25, 0.3) is 0 Å². The molecule has 0 aliphatic heterocycles. The maximum atomic E-state index is 5.11. The molecule has 0 aromatic rings. The van der Waals surface area contributed by atoms with E-state index < -0.39 is 0 Å². The van der Waals surface area contributed by atoms with Gasteiger partial charge >= 0.3 is 0 Å². The zero-order valence-corrected chi connectivity index (χ0v) is 5.29. The van der Waals surface area contributed by atoms with Crippen LogP contribution in [0.5, 0.6) is 0 Å². The Labute approximate surface area is 38.5 Å². The van der Waals surface area contributed by atoms with Crippen molar-refractivity contribution in [2.45, 2.75) is 4.36 Å². The largest absolute Gasteiger partial charge is 0.328 e. The van der Waals surface area contributed by atoms with Crippen LogP contribution in [-0.2, 0) is 0 Å². The molecule has 0 amide bonds. The van der Waals surface area contributed by atoms with E-state index in [-0.39, 0.29) is 4.36 Å². The van der Waals surface area contributed by atoms with Crippen molar-refractivity contribution >= 4 is 27.9 Å². The Morgan fingerprint density at radius 2 is 2.00 bits per heavy atom. The topological polar surface area (TPSA) is 26.0 Å². The van der Waals surface area contributed by atoms with Gasteiger partial charge in [-0.2, -0.15) is 0 Å². The third-order valence-corrected chi connectivity index (χ3v) is 0. The molecule has 0 saturated heterocycles. The maximum Gasteiger partial charge on any atom is 0.263 e. The van der Waals surface area contributed by atoms with Crippen LogP contribution >= 0.6 is 11.6 Å². The molecule has 2 N–H and O–H groups in total. The summed E-state index contributed by atoms with van der Waals surface area (Å²) < 4.78 is -0.0556. The quantitative estimate of drug-likeness (QED) is 0.235. The minimum absolute atomic E-state index is 0.0556. The molecule has 1 unspecified atom stereocenters. The highest BCUT2D eigenvalue weighted by Gasteiger charge is 1.73. The van der Waals surface area contributed by atoms with Crippen molar-refractivity contribution in [3.63, 3.8) is 0 Å². The van der Waals surface area contributed by atoms with Gasteiger partial charge in [-0.1, -0.05) is 0 Å². The lowest BCUT2D eigenvalue weighted by Gasteiger charge is -1.77. The van der Waals surface area contributed by atoms with Crippen molar-refractivity contribution in [3.8, 4) is 0 Å². The van der Waals surface area contributed by atoms with Gasteiger partial charge in [-0.25, -0.2) is 0 Å². The monoisotopic (exact) mass is 93.0 g/mol. The summed E-state index contributed by atoms with van der Waals surface area (Å²) in [5, 5.41) is 0. The van der Waals surface area contributed by atoms with E-state index in [0.29, 0.717) is 0 Å². The smallest absolute Gasteiger partial charge is 0.263 e. The first-order valence-electron chi connectivity index (χ1n) is 1.13. The minimum atomic E-state index is -0.0556. The van der Waals surface area contributed by atoms with Crippen LogP contribution in [0.3, 0.4) is 0 Å². The van der Waals surface area contributed by atoms with Crippen LogP contribution < -0.4 is 5.73 Å². The average molecular weight is 93.5 g/mol. The third-order valence-electron chi connectivity index (χ3n) is 0. The molecule has 0 aromatic carbocycles. The van der Waals surface area contributed by atoms with Crippen LogP contribution in [0, 0.1) is 0 Å². The minimum Gasteiger partial charge on any atom is -0.328 e. The fourth-order valence-electron chi connectivity index (χ4n) is 0. The Bertz CT molecular complexity index is 12.8. The van der Waals surface area contributed by atoms with Gasteiger partial charge in [0.25, 0.3) is 16.3 Å². The summed E-state index contributed by atoms with van der Waals surface area (Å²) in [5.74, 6) is 0. The molecule has 0 radical (unpaired) electrons. The first kappa shape index (κ1) is 4.78. The molecule has 0 bridgehead atoms. The summed E-state index contributed by atoms with van der Waals surface area (Å²) in [5.41, 5.74) is 4.94. The van der Waals surface area contributed by atoms with E-state index in [1.807, 2.05) is 0 Å². The lowest BCUT2D eigenvalue weighted by atomic mass is 11.5. The number of rotatable bonds is 0. The Kier molecular flexibility index (Phi) is 2.45. The molecule has 0 fully saturated rings. The number of hydrogen-bond acceptors (Lipinski definition) is 1. The van der Waals surface area contributed by atoms with Gasteiger partial charge in [-0.3, -0.25) is 0 Å². The second kappa shape index (κ2) is 2.05. The summed E-state index contributed by atoms with van der Waals surface area (Å²) >= 11 is 6.01. The van der Waals surface area contributed by atoms with Crippen molar-refractivity contribution in [2.24, 2.45) is 5.73 Å². The van der Waals surface area contributed by atoms with Gasteiger partial charge in [-0.05, 0) is 0 Å². The Morgan fingerprint density at radius 1 is 2.00 bits per heavy atom. The Balaban J connectivity index is 2.32. The molecule has 0 rings (SSSR count). The van der Waals surface area contributed by atoms with Crippen molar-refractivity contribution in [2.75, 3.05) is 0 Å². The second-order valence-electron chi connectivity index (χ2n) is 0.678. The number of nitrogens with two attached hydrogens (primary N) is 1. The summed E-state index contributed by atoms with van der Waals surface area (Å²) in [6.45, 7) is 0. The summed E-state index contributed by atoms with van der Waals surface area (Å²) in [6.07, 6.45) is 0. The predicted octanol–water partition coefficient (Wildman–Crippen LogP) is -0.899. The molecule has 0 heterocycles. The highest BCUT2D eigenvalue weighted by molar-refractivity contribution is 6.39. The Hall–Kier alpha value is 0.782. The van der Waals surface area contributed by atoms with Gasteiger partial charge in [0.05, 0.1) is 0 Å². The fourth-order valence-corrected chi connectivity index (χ4v) is 0. The normalized spacial score (nSPS) is 15.5. The molecular formula is CH5AlClN. The molecule has 1 atom stereocenters. The van der Waals surface area contributed by atoms with Crippen LogP contribution in [0.2, 0.25) is 0 Å². The van der Waals surface area contributed by atoms with E-state index >= 15 is 0 Å². The lowest BCUT2D eigenvalue weighted by molar-refractivity contribution is 1.28. The van der Waals surface area contributed by atoms with Crippen LogP contribution in [0.4, 0.5) is 0 Å². The molecular weight excluding hydrogens is 88.5 g/mol. The van der Waals surface area contributed by atoms with E-state index in [9.17, 15) is 0 Å². The van der Waals surface area contributed by atoms with Gasteiger partial charge in [0.15, 0.2) is 0 Å². The molecule has 0 aliphatic rings. The maximum absolute atomic E-state index is 5.11. The van der Waals surface area contributed by atoms with Crippen LogP contribution in [0.15, 0.2) is 0 Å². The third kappa shape index (κ3) is 14.4. The van der Waals surface area contributed by atoms with Crippen molar-refractivity contribution < 1.29 is 0 Å². The van der Waals surface area contributed by atoms with Crippen LogP contribution in [-0.4, -0.2) is 20.7 Å². The van der Waals surface area contributed by atoms with Gasteiger partial charge < -0.3 is 5.73 Å². The molecule has 1 nitrogen and oxygen atoms in total. The zero-order chi connectivity index (χ0) is 3.58. The SMILES string of the molecule is N[CH]([AlH2])Cl. The van der Waals surface area contributed by atoms with Gasteiger partial charge in [0.2, 0.25) is 0 Å². The first-order valence-corrected chi connectivity index (χ1v) is 2.72. The summed E-state index contributed by atoms with van der Waals surface area (Å²) in [6, 6.07) is 0. The highest BCUT2D eigenvalue weighted by atomic mass is 35.5. The average Bonchev–Trinajstić information content (AvgIpc) is 0.811. The first-order chi connectivity index (χ1) is 1.73. The number of alkyl halides is 1. The Morgan fingerprint density at radius 3 is 2.00 bits per heavy atom. The lowest BCUT2D eigenvalue weighted by Crippen LogP contribution is -2.09. The molecule has 0 spiro atoms. The molecule has 0 saturated carbocycles. The van der Waals surface area contributed by atoms with Gasteiger partial charge in [-0.15, -0.1) is 11.6 Å². The van der Waals surface area contributed by atoms with Gasteiger partial charge in [0.1, 0.15) is 0 Å². The standard InChI is InChI=1S/CH3ClN.Al.2H/c2-1-3;;;/h1H,3H2;;;. The molecule has 4 heavy (non-hydrogen) atoms. The number of halogens is 1. The highest BCUT2D eigenvalue weighted by Crippen LogP contribution is 1.67. The molecule has 24 valence electrons. The molecule has 0 aliphatic carbocycles. The van der Waals surface area contributed by atoms with E-state index in [4.69, 9.17) is 17.3 Å².